The van der Waals surface area contributed by atoms with Gasteiger partial charge in [0.25, 0.3) is 0 Å². The summed E-state index contributed by atoms with van der Waals surface area (Å²) >= 11 is 1.70. The van der Waals surface area contributed by atoms with Crippen LogP contribution >= 0.6 is 11.3 Å². The van der Waals surface area contributed by atoms with E-state index < -0.39 is 0 Å². The van der Waals surface area contributed by atoms with Gasteiger partial charge in [-0.3, -0.25) is 4.79 Å². The van der Waals surface area contributed by atoms with Crippen LogP contribution in [0, 0.1) is 0 Å². The molecule has 1 aliphatic heterocycles. The van der Waals surface area contributed by atoms with E-state index in [1.807, 2.05) is 18.2 Å². The quantitative estimate of drug-likeness (QED) is 0.864. The number of hydrogen-bond donors (Lipinski definition) is 0. The molecule has 1 fully saturated rings. The summed E-state index contributed by atoms with van der Waals surface area (Å²) in [6.45, 7) is 3.09. The summed E-state index contributed by atoms with van der Waals surface area (Å²) in [6.07, 6.45) is 4.90. The first kappa shape index (κ1) is 13.6. The maximum atomic E-state index is 12.3. The topological polar surface area (TPSA) is 33.2 Å². The van der Waals surface area contributed by atoms with Gasteiger partial charge in [0.05, 0.1) is 15.2 Å². The molecule has 0 aliphatic carbocycles. The lowest BCUT2D eigenvalue weighted by Crippen LogP contribution is -2.42. The van der Waals surface area contributed by atoms with Gasteiger partial charge in [-0.25, -0.2) is 4.98 Å². The average molecular weight is 288 g/mol. The van der Waals surface area contributed by atoms with Crippen LogP contribution in [0.5, 0.6) is 0 Å². The Morgan fingerprint density at radius 2 is 2.25 bits per heavy atom. The summed E-state index contributed by atoms with van der Waals surface area (Å²) in [5.41, 5.74) is 1.05. The van der Waals surface area contributed by atoms with Crippen LogP contribution in [-0.4, -0.2) is 28.4 Å². The summed E-state index contributed by atoms with van der Waals surface area (Å²) in [4.78, 5) is 18.9. The first-order valence-corrected chi connectivity index (χ1v) is 8.19. The van der Waals surface area contributed by atoms with Crippen molar-refractivity contribution in [1.29, 1.82) is 0 Å². The van der Waals surface area contributed by atoms with Crippen LogP contribution in [0.3, 0.4) is 0 Å². The van der Waals surface area contributed by atoms with Crippen LogP contribution in [0.25, 0.3) is 10.2 Å². The Morgan fingerprint density at radius 1 is 1.40 bits per heavy atom. The van der Waals surface area contributed by atoms with E-state index in [-0.39, 0.29) is 5.91 Å². The molecule has 0 saturated carbocycles. The van der Waals surface area contributed by atoms with Crippen molar-refractivity contribution in [2.45, 2.75) is 45.1 Å². The number of piperidine rings is 1. The number of nitrogens with zero attached hydrogens (tertiary/aromatic N) is 2. The molecule has 2 aromatic rings. The number of amides is 1. The molecule has 1 aliphatic rings. The van der Waals surface area contributed by atoms with Crippen LogP contribution in [-0.2, 0) is 11.2 Å². The van der Waals surface area contributed by atoms with E-state index in [0.717, 1.165) is 36.3 Å². The first-order valence-electron chi connectivity index (χ1n) is 7.38. The summed E-state index contributed by atoms with van der Waals surface area (Å²) < 4.78 is 1.21. The smallest absolute Gasteiger partial charge is 0.223 e. The molecule has 1 amide bonds. The molecule has 4 heteroatoms. The molecule has 106 valence electrons. The van der Waals surface area contributed by atoms with Crippen LogP contribution in [0.1, 0.15) is 37.6 Å². The lowest BCUT2D eigenvalue weighted by Gasteiger charge is -2.33. The van der Waals surface area contributed by atoms with E-state index in [4.69, 9.17) is 0 Å². The van der Waals surface area contributed by atoms with Crippen molar-refractivity contribution in [2.24, 2.45) is 0 Å². The molecule has 0 radical (unpaired) electrons. The van der Waals surface area contributed by atoms with E-state index in [1.54, 1.807) is 11.3 Å². The SMILES string of the molecule is C[C@H]1CCCCN1C(=O)CCc1nc2ccccc2s1. The van der Waals surface area contributed by atoms with Gasteiger partial charge in [0.2, 0.25) is 5.91 Å². The van der Waals surface area contributed by atoms with Crippen LogP contribution in [0.15, 0.2) is 24.3 Å². The van der Waals surface area contributed by atoms with Crippen molar-refractivity contribution < 1.29 is 4.79 Å². The van der Waals surface area contributed by atoms with Gasteiger partial charge in [0, 0.05) is 25.4 Å². The monoisotopic (exact) mass is 288 g/mol. The zero-order chi connectivity index (χ0) is 13.9. The standard InChI is InChI=1S/C16H20N2OS/c1-12-6-4-5-11-18(12)16(19)10-9-15-17-13-7-2-3-8-14(13)20-15/h2-3,7-8,12H,4-6,9-11H2,1H3/t12-/m0/s1. The van der Waals surface area contributed by atoms with E-state index >= 15 is 0 Å². The number of aryl methyl sites for hydroxylation is 1. The molecule has 0 N–H and O–H groups in total. The maximum Gasteiger partial charge on any atom is 0.223 e. The minimum Gasteiger partial charge on any atom is -0.340 e. The third-order valence-electron chi connectivity index (χ3n) is 4.01. The number of hydrogen-bond acceptors (Lipinski definition) is 3. The third kappa shape index (κ3) is 2.85. The maximum absolute atomic E-state index is 12.3. The minimum atomic E-state index is 0.288. The normalized spacial score (nSPS) is 19.4. The zero-order valence-electron chi connectivity index (χ0n) is 11.8. The van der Waals surface area contributed by atoms with E-state index in [2.05, 4.69) is 22.9 Å². The number of para-hydroxylation sites is 1. The van der Waals surface area contributed by atoms with Gasteiger partial charge in [-0.2, -0.15) is 0 Å². The lowest BCUT2D eigenvalue weighted by atomic mass is 10.0. The number of fused-ring (bicyclic) bond motifs is 1. The molecule has 0 bridgehead atoms. The van der Waals surface area contributed by atoms with Crippen LogP contribution in [0.2, 0.25) is 0 Å². The number of thiazole rings is 1. The van der Waals surface area contributed by atoms with Crippen molar-refractivity contribution in [2.75, 3.05) is 6.54 Å². The number of likely N-dealkylation sites (tertiary alicyclic amines) is 1. The summed E-state index contributed by atoms with van der Waals surface area (Å²) in [5.74, 6) is 0.288. The highest BCUT2D eigenvalue weighted by Crippen LogP contribution is 2.23. The number of benzene rings is 1. The highest BCUT2D eigenvalue weighted by Gasteiger charge is 2.22. The Balaban J connectivity index is 1.62. The number of aromatic nitrogens is 1. The highest BCUT2D eigenvalue weighted by molar-refractivity contribution is 7.18. The van der Waals surface area contributed by atoms with Crippen molar-refractivity contribution in [3.05, 3.63) is 29.3 Å². The second kappa shape index (κ2) is 5.92. The molecule has 0 unspecified atom stereocenters. The van der Waals surface area contributed by atoms with Crippen molar-refractivity contribution in [3.63, 3.8) is 0 Å². The molecule has 20 heavy (non-hydrogen) atoms. The zero-order valence-corrected chi connectivity index (χ0v) is 12.7. The number of carbonyl (C=O) groups excluding carboxylic acids is 1. The Hall–Kier alpha value is -1.42. The average Bonchev–Trinajstić information content (AvgIpc) is 2.88. The number of rotatable bonds is 3. The second-order valence-corrected chi connectivity index (χ2v) is 6.62. The summed E-state index contributed by atoms with van der Waals surface area (Å²) in [6, 6.07) is 8.57. The molecule has 1 atom stereocenters. The van der Waals surface area contributed by atoms with Gasteiger partial charge >= 0.3 is 0 Å². The summed E-state index contributed by atoms with van der Waals surface area (Å²) in [5, 5.41) is 1.07. The molecular weight excluding hydrogens is 268 g/mol. The van der Waals surface area contributed by atoms with Gasteiger partial charge in [0.15, 0.2) is 0 Å². The Morgan fingerprint density at radius 3 is 3.05 bits per heavy atom. The second-order valence-electron chi connectivity index (χ2n) is 5.51. The van der Waals surface area contributed by atoms with Gasteiger partial charge in [-0.1, -0.05) is 12.1 Å². The van der Waals surface area contributed by atoms with Crippen molar-refractivity contribution in [3.8, 4) is 0 Å². The molecular formula is C16H20N2OS. The first-order chi connectivity index (χ1) is 9.74. The fourth-order valence-electron chi connectivity index (χ4n) is 2.85. The van der Waals surface area contributed by atoms with Crippen LogP contribution in [0.4, 0.5) is 0 Å². The lowest BCUT2D eigenvalue weighted by molar-refractivity contribution is -0.134. The largest absolute Gasteiger partial charge is 0.340 e. The van der Waals surface area contributed by atoms with Gasteiger partial charge < -0.3 is 4.90 Å². The molecule has 3 rings (SSSR count). The van der Waals surface area contributed by atoms with Crippen molar-refractivity contribution >= 4 is 27.5 Å². The van der Waals surface area contributed by atoms with Gasteiger partial charge in [-0.05, 0) is 38.3 Å². The highest BCUT2D eigenvalue weighted by atomic mass is 32.1. The predicted octanol–water partition coefficient (Wildman–Crippen LogP) is 3.63. The molecule has 1 aromatic carbocycles. The molecule has 2 heterocycles. The number of carbonyl (C=O) groups is 1. The van der Waals surface area contributed by atoms with E-state index in [0.29, 0.717) is 12.5 Å². The predicted molar refractivity (Wildman–Crippen MR) is 83.0 cm³/mol. The molecule has 1 saturated heterocycles. The molecule has 3 nitrogen and oxygen atoms in total. The van der Waals surface area contributed by atoms with E-state index in [9.17, 15) is 4.79 Å². The van der Waals surface area contributed by atoms with Crippen LogP contribution < -0.4 is 0 Å². The Labute approximate surface area is 123 Å². The Bertz CT molecular complexity index is 574. The Kier molecular flexibility index (Phi) is 4.01. The molecule has 1 aromatic heterocycles. The minimum absolute atomic E-state index is 0.288. The fourth-order valence-corrected chi connectivity index (χ4v) is 3.82. The van der Waals surface area contributed by atoms with E-state index in [1.165, 1.54) is 11.1 Å². The molecule has 0 spiro atoms. The van der Waals surface area contributed by atoms with Gasteiger partial charge in [0.1, 0.15) is 0 Å². The third-order valence-corrected chi connectivity index (χ3v) is 5.11. The van der Waals surface area contributed by atoms with Crippen molar-refractivity contribution in [1.82, 2.24) is 9.88 Å². The fraction of sp³-hybridized carbons (Fsp3) is 0.500. The summed E-state index contributed by atoms with van der Waals surface area (Å²) in [7, 11) is 0. The van der Waals surface area contributed by atoms with Gasteiger partial charge in [-0.15, -0.1) is 11.3 Å².